The molecule has 0 aromatic heterocycles. The Bertz CT molecular complexity index is 493. The number of benzene rings is 1. The van der Waals surface area contributed by atoms with E-state index in [0.29, 0.717) is 26.3 Å². The number of morpholine rings is 1. The van der Waals surface area contributed by atoms with E-state index in [1.165, 1.54) is 0 Å². The zero-order valence-corrected chi connectivity index (χ0v) is 12.6. The van der Waals surface area contributed by atoms with Gasteiger partial charge in [0.05, 0.1) is 20.3 Å². The Hall–Kier alpha value is -1.63. The lowest BCUT2D eigenvalue weighted by Gasteiger charge is -2.34. The molecule has 21 heavy (non-hydrogen) atoms. The van der Waals surface area contributed by atoms with Gasteiger partial charge in [-0.1, -0.05) is 12.1 Å². The molecule has 6 heteroatoms. The number of methoxy groups -OCH3 is 1. The summed E-state index contributed by atoms with van der Waals surface area (Å²) in [7, 11) is 3.29. The maximum Gasteiger partial charge on any atom is 0.239 e. The van der Waals surface area contributed by atoms with Crippen molar-refractivity contribution in [1.82, 2.24) is 10.2 Å². The van der Waals surface area contributed by atoms with Crippen molar-refractivity contribution >= 4 is 5.91 Å². The van der Waals surface area contributed by atoms with Gasteiger partial charge in [0.25, 0.3) is 0 Å². The van der Waals surface area contributed by atoms with Crippen molar-refractivity contribution in [2.24, 2.45) is 5.73 Å². The molecular weight excluding hydrogens is 270 g/mol. The minimum absolute atomic E-state index is 0.0137. The van der Waals surface area contributed by atoms with Gasteiger partial charge >= 0.3 is 0 Å². The van der Waals surface area contributed by atoms with Gasteiger partial charge in [-0.3, -0.25) is 9.69 Å². The maximum absolute atomic E-state index is 11.9. The van der Waals surface area contributed by atoms with Gasteiger partial charge in [0.2, 0.25) is 5.91 Å². The molecule has 1 atom stereocenters. The van der Waals surface area contributed by atoms with E-state index < -0.39 is 0 Å². The Morgan fingerprint density at radius 1 is 1.57 bits per heavy atom. The van der Waals surface area contributed by atoms with E-state index in [1.54, 1.807) is 14.2 Å². The summed E-state index contributed by atoms with van der Waals surface area (Å²) < 4.78 is 10.8. The van der Waals surface area contributed by atoms with E-state index in [0.717, 1.165) is 23.4 Å². The third-order valence-electron chi connectivity index (χ3n) is 3.75. The summed E-state index contributed by atoms with van der Waals surface area (Å²) in [5.74, 6) is 0.778. The summed E-state index contributed by atoms with van der Waals surface area (Å²) in [6.45, 7) is 2.94. The normalized spacial score (nSPS) is 19.3. The van der Waals surface area contributed by atoms with Crippen molar-refractivity contribution in [3.05, 3.63) is 29.3 Å². The molecule has 1 unspecified atom stereocenters. The van der Waals surface area contributed by atoms with E-state index in [2.05, 4.69) is 10.2 Å². The Labute approximate surface area is 125 Å². The SMILES string of the molecule is CNC(=O)C1COCCN1Cc1ccc(CN)c(OC)c1. The number of hydrogen-bond acceptors (Lipinski definition) is 5. The maximum atomic E-state index is 11.9. The van der Waals surface area contributed by atoms with Gasteiger partial charge in [-0.2, -0.15) is 0 Å². The van der Waals surface area contributed by atoms with Crippen LogP contribution in [0.3, 0.4) is 0 Å². The van der Waals surface area contributed by atoms with E-state index in [-0.39, 0.29) is 11.9 Å². The zero-order chi connectivity index (χ0) is 15.2. The lowest BCUT2D eigenvalue weighted by atomic mass is 10.1. The molecule has 0 aliphatic carbocycles. The first kappa shape index (κ1) is 15.8. The Morgan fingerprint density at radius 2 is 2.38 bits per heavy atom. The molecule has 0 bridgehead atoms. The molecule has 0 saturated carbocycles. The standard InChI is InChI=1S/C15H23N3O3/c1-17-15(19)13-10-21-6-5-18(13)9-11-3-4-12(8-16)14(7-11)20-2/h3-4,7,13H,5-6,8-10,16H2,1-2H3,(H,17,19). The summed E-state index contributed by atoms with van der Waals surface area (Å²) in [6, 6.07) is 5.74. The van der Waals surface area contributed by atoms with Crippen LogP contribution >= 0.6 is 0 Å². The molecule has 1 aromatic rings. The van der Waals surface area contributed by atoms with Crippen LogP contribution in [0.1, 0.15) is 11.1 Å². The van der Waals surface area contributed by atoms with E-state index in [1.807, 2.05) is 18.2 Å². The van der Waals surface area contributed by atoms with Crippen molar-refractivity contribution in [3.63, 3.8) is 0 Å². The number of carbonyl (C=O) groups excluding carboxylic acids is 1. The van der Waals surface area contributed by atoms with Crippen molar-refractivity contribution in [1.29, 1.82) is 0 Å². The number of nitrogens with one attached hydrogen (secondary N) is 1. The lowest BCUT2D eigenvalue weighted by Crippen LogP contribution is -2.52. The number of rotatable bonds is 5. The van der Waals surface area contributed by atoms with Gasteiger partial charge in [-0.25, -0.2) is 0 Å². The molecule has 0 radical (unpaired) electrons. The fourth-order valence-electron chi connectivity index (χ4n) is 2.53. The fourth-order valence-corrected chi connectivity index (χ4v) is 2.53. The summed E-state index contributed by atoms with van der Waals surface area (Å²) in [5, 5.41) is 2.69. The van der Waals surface area contributed by atoms with Gasteiger partial charge in [-0.05, 0) is 11.6 Å². The molecule has 1 saturated heterocycles. The molecule has 2 rings (SSSR count). The fraction of sp³-hybridized carbons (Fsp3) is 0.533. The second kappa shape index (κ2) is 7.40. The predicted molar refractivity (Wildman–Crippen MR) is 80.0 cm³/mol. The Morgan fingerprint density at radius 3 is 3.05 bits per heavy atom. The molecule has 1 heterocycles. The second-order valence-corrected chi connectivity index (χ2v) is 5.03. The van der Waals surface area contributed by atoms with E-state index in [9.17, 15) is 4.79 Å². The number of nitrogens with zero attached hydrogens (tertiary/aromatic N) is 1. The molecule has 0 spiro atoms. The lowest BCUT2D eigenvalue weighted by molar-refractivity contribution is -0.132. The van der Waals surface area contributed by atoms with Gasteiger partial charge in [0, 0.05) is 32.2 Å². The van der Waals surface area contributed by atoms with Crippen LogP contribution in [0.4, 0.5) is 0 Å². The predicted octanol–water partition coefficient (Wildman–Crippen LogP) is 0.101. The molecule has 6 nitrogen and oxygen atoms in total. The van der Waals surface area contributed by atoms with Crippen molar-refractivity contribution in [2.75, 3.05) is 33.9 Å². The molecule has 116 valence electrons. The van der Waals surface area contributed by atoms with Crippen molar-refractivity contribution < 1.29 is 14.3 Å². The van der Waals surface area contributed by atoms with Gasteiger partial charge < -0.3 is 20.5 Å². The highest BCUT2D eigenvalue weighted by Gasteiger charge is 2.28. The van der Waals surface area contributed by atoms with Crippen LogP contribution in [-0.2, 0) is 22.6 Å². The van der Waals surface area contributed by atoms with E-state index in [4.69, 9.17) is 15.2 Å². The molecular formula is C15H23N3O3. The number of hydrogen-bond donors (Lipinski definition) is 2. The number of ether oxygens (including phenoxy) is 2. The van der Waals surface area contributed by atoms with Crippen molar-refractivity contribution in [3.8, 4) is 5.75 Å². The van der Waals surface area contributed by atoms with E-state index >= 15 is 0 Å². The first-order valence-corrected chi connectivity index (χ1v) is 7.08. The monoisotopic (exact) mass is 293 g/mol. The zero-order valence-electron chi connectivity index (χ0n) is 12.6. The highest BCUT2D eigenvalue weighted by Crippen LogP contribution is 2.22. The van der Waals surface area contributed by atoms with Crippen LogP contribution in [0, 0.1) is 0 Å². The van der Waals surface area contributed by atoms with Gasteiger partial charge in [0.15, 0.2) is 0 Å². The molecule has 1 fully saturated rings. The first-order chi connectivity index (χ1) is 10.2. The molecule has 1 aliphatic heterocycles. The minimum Gasteiger partial charge on any atom is -0.496 e. The van der Waals surface area contributed by atoms with Gasteiger partial charge in [0.1, 0.15) is 11.8 Å². The molecule has 3 N–H and O–H groups in total. The minimum atomic E-state index is -0.246. The first-order valence-electron chi connectivity index (χ1n) is 7.08. The third-order valence-corrected chi connectivity index (χ3v) is 3.75. The average Bonchev–Trinajstić information content (AvgIpc) is 2.54. The second-order valence-electron chi connectivity index (χ2n) is 5.03. The number of amides is 1. The summed E-state index contributed by atoms with van der Waals surface area (Å²) in [4.78, 5) is 14.0. The highest BCUT2D eigenvalue weighted by atomic mass is 16.5. The number of likely N-dealkylation sites (N-methyl/N-ethyl adjacent to an activating group) is 1. The summed E-state index contributed by atoms with van der Waals surface area (Å²) in [5.41, 5.74) is 7.76. The quantitative estimate of drug-likeness (QED) is 0.805. The third kappa shape index (κ3) is 3.72. The molecule has 1 aromatic carbocycles. The van der Waals surface area contributed by atoms with Crippen molar-refractivity contribution in [2.45, 2.75) is 19.1 Å². The van der Waals surface area contributed by atoms with Crippen LogP contribution in [0.2, 0.25) is 0 Å². The average molecular weight is 293 g/mol. The topological polar surface area (TPSA) is 76.8 Å². The van der Waals surface area contributed by atoms with Crippen LogP contribution < -0.4 is 15.8 Å². The summed E-state index contributed by atoms with van der Waals surface area (Å²) >= 11 is 0. The largest absolute Gasteiger partial charge is 0.496 e. The van der Waals surface area contributed by atoms with Crippen LogP contribution in [0.25, 0.3) is 0 Å². The van der Waals surface area contributed by atoms with Gasteiger partial charge in [-0.15, -0.1) is 0 Å². The molecule has 1 amide bonds. The van der Waals surface area contributed by atoms with Crippen LogP contribution in [0.5, 0.6) is 5.75 Å². The summed E-state index contributed by atoms with van der Waals surface area (Å²) in [6.07, 6.45) is 0. The number of carbonyl (C=O) groups is 1. The van der Waals surface area contributed by atoms with Crippen LogP contribution in [0.15, 0.2) is 18.2 Å². The number of nitrogens with two attached hydrogens (primary N) is 1. The highest BCUT2D eigenvalue weighted by molar-refractivity contribution is 5.81. The molecule has 1 aliphatic rings. The van der Waals surface area contributed by atoms with Crippen LogP contribution in [-0.4, -0.2) is 50.8 Å². The smallest absolute Gasteiger partial charge is 0.239 e. The Balaban J connectivity index is 2.13. The Kier molecular flexibility index (Phi) is 5.55.